The first-order valence-electron chi connectivity index (χ1n) is 8.32. The molecule has 1 aromatic carbocycles. The summed E-state index contributed by atoms with van der Waals surface area (Å²) in [5, 5.41) is 11.8. The van der Waals surface area contributed by atoms with Crippen molar-refractivity contribution in [3.8, 4) is 6.07 Å². The number of rotatable bonds is 4. The van der Waals surface area contributed by atoms with Gasteiger partial charge in [-0.05, 0) is 26.0 Å². The van der Waals surface area contributed by atoms with Crippen molar-refractivity contribution in [3.05, 3.63) is 69.0 Å². The molecule has 0 radical (unpaired) electrons. The molecule has 0 aliphatic heterocycles. The van der Waals surface area contributed by atoms with Crippen molar-refractivity contribution in [3.63, 3.8) is 0 Å². The van der Waals surface area contributed by atoms with E-state index in [-0.39, 0.29) is 31.4 Å². The fourth-order valence-corrected chi connectivity index (χ4v) is 2.88. The predicted molar refractivity (Wildman–Crippen MR) is 100 cm³/mol. The zero-order valence-corrected chi connectivity index (χ0v) is 15.0. The first-order chi connectivity index (χ1) is 13.3. The molecule has 0 aliphatic carbocycles. The number of nitrogens with one attached hydrogen (secondary N) is 2. The zero-order valence-electron chi connectivity index (χ0n) is 15.0. The number of aromatic amines is 1. The highest BCUT2D eigenvalue weighted by Crippen LogP contribution is 2.17. The lowest BCUT2D eigenvalue weighted by Gasteiger charge is -2.15. The molecule has 0 spiro atoms. The van der Waals surface area contributed by atoms with Gasteiger partial charge in [-0.3, -0.25) is 14.6 Å². The maximum Gasteiger partial charge on any atom is 0.252 e. The van der Waals surface area contributed by atoms with Gasteiger partial charge >= 0.3 is 0 Å². The molecule has 1 amide bonds. The number of carbonyl (C=O) groups excluding carboxylic acids is 1. The normalized spacial score (nSPS) is 11.8. The third-order valence-electron chi connectivity index (χ3n) is 4.20. The van der Waals surface area contributed by atoms with Crippen LogP contribution in [0.1, 0.15) is 38.5 Å². The number of aromatic nitrogens is 3. The maximum absolute atomic E-state index is 13.4. The van der Waals surface area contributed by atoms with Crippen LogP contribution >= 0.6 is 0 Å². The largest absolute Gasteiger partial charge is 0.348 e. The number of carbonyl (C=O) groups is 1. The molecule has 28 heavy (non-hydrogen) atoms. The summed E-state index contributed by atoms with van der Waals surface area (Å²) in [7, 11) is 0. The third-order valence-corrected chi connectivity index (χ3v) is 4.20. The molecular formula is C19H19F2N5O2. The van der Waals surface area contributed by atoms with Crippen LogP contribution in [0.3, 0.4) is 0 Å². The average molecular weight is 387 g/mol. The van der Waals surface area contributed by atoms with E-state index in [9.17, 15) is 18.4 Å². The number of nitrogens with zero attached hydrogens (tertiary/aromatic N) is 3. The summed E-state index contributed by atoms with van der Waals surface area (Å²) in [6, 6.07) is 4.59. The van der Waals surface area contributed by atoms with Crippen LogP contribution in [0.5, 0.6) is 0 Å². The Morgan fingerprint density at radius 2 is 2.07 bits per heavy atom. The van der Waals surface area contributed by atoms with Crippen molar-refractivity contribution in [2.75, 3.05) is 0 Å². The number of aryl methyl sites for hydroxylation is 1. The molecule has 3 aromatic rings. The summed E-state index contributed by atoms with van der Waals surface area (Å²) in [6.07, 6.45) is 1.06. The second kappa shape index (κ2) is 7.52. The molecule has 9 heteroatoms. The van der Waals surface area contributed by atoms with Gasteiger partial charge in [-0.2, -0.15) is 5.26 Å². The number of halogens is 2. The quantitative estimate of drug-likeness (QED) is 0.715. The van der Waals surface area contributed by atoms with Crippen molar-refractivity contribution >= 4 is 16.8 Å². The average Bonchev–Trinajstić information content (AvgIpc) is 2.63. The van der Waals surface area contributed by atoms with E-state index < -0.39 is 29.1 Å². The summed E-state index contributed by atoms with van der Waals surface area (Å²) >= 11 is 0. The second-order valence-corrected chi connectivity index (χ2v) is 6.28. The van der Waals surface area contributed by atoms with E-state index in [1.165, 1.54) is 12.3 Å². The monoisotopic (exact) mass is 387 g/mol. The summed E-state index contributed by atoms with van der Waals surface area (Å²) in [4.78, 5) is 35.1. The molecule has 2 aromatic heterocycles. The standard InChI is InChI=1S/C19H15F2N5O2.2H2/c1-9-18(23-8-13(7-22)24-9)10(2)25-17(27)5-12-3-11-4-14(20)15(21)6-16(11)26-19(12)28;;/h3-4,6,8,10H,5H2,1-2H3,(H,25,27)(H,26,28);2*1H/t10-;;/m0../s1. The van der Waals surface area contributed by atoms with Crippen molar-refractivity contribution in [1.82, 2.24) is 20.3 Å². The number of amides is 1. The van der Waals surface area contributed by atoms with Gasteiger partial charge in [-0.25, -0.2) is 13.8 Å². The predicted octanol–water partition coefficient (Wildman–Crippen LogP) is 2.69. The van der Waals surface area contributed by atoms with Crippen molar-refractivity contribution in [2.45, 2.75) is 26.3 Å². The number of hydrogen-bond acceptors (Lipinski definition) is 5. The molecule has 0 aliphatic rings. The van der Waals surface area contributed by atoms with Gasteiger partial charge in [-0.15, -0.1) is 0 Å². The van der Waals surface area contributed by atoms with Crippen LogP contribution in [0, 0.1) is 29.9 Å². The first-order valence-corrected chi connectivity index (χ1v) is 8.32. The van der Waals surface area contributed by atoms with Gasteiger partial charge in [0.05, 0.1) is 35.6 Å². The lowest BCUT2D eigenvalue weighted by molar-refractivity contribution is -0.121. The molecule has 0 unspecified atom stereocenters. The van der Waals surface area contributed by atoms with Gasteiger partial charge in [0.1, 0.15) is 6.07 Å². The summed E-state index contributed by atoms with van der Waals surface area (Å²) in [6.45, 7) is 3.37. The Bertz CT molecular complexity index is 1190. The highest BCUT2D eigenvalue weighted by Gasteiger charge is 2.16. The summed E-state index contributed by atoms with van der Waals surface area (Å²) in [5.41, 5.74) is 0.878. The maximum atomic E-state index is 13.4. The highest BCUT2D eigenvalue weighted by atomic mass is 19.2. The van der Waals surface area contributed by atoms with Gasteiger partial charge in [0.25, 0.3) is 5.56 Å². The molecule has 0 bridgehead atoms. The van der Waals surface area contributed by atoms with Crippen LogP contribution in [0.4, 0.5) is 8.78 Å². The minimum atomic E-state index is -1.07. The number of fused-ring (bicyclic) bond motifs is 1. The van der Waals surface area contributed by atoms with Crippen molar-refractivity contribution < 1.29 is 16.4 Å². The smallest absolute Gasteiger partial charge is 0.252 e. The third kappa shape index (κ3) is 3.86. The lowest BCUT2D eigenvalue weighted by atomic mass is 10.1. The Hall–Kier alpha value is -3.67. The number of hydrogen-bond donors (Lipinski definition) is 2. The van der Waals surface area contributed by atoms with E-state index in [1.54, 1.807) is 13.8 Å². The number of nitriles is 1. The molecular weight excluding hydrogens is 368 g/mol. The highest BCUT2D eigenvalue weighted by molar-refractivity contribution is 5.83. The van der Waals surface area contributed by atoms with E-state index in [1.807, 2.05) is 6.07 Å². The minimum Gasteiger partial charge on any atom is -0.348 e. The minimum absolute atomic E-state index is 0. The van der Waals surface area contributed by atoms with Crippen LogP contribution in [0.2, 0.25) is 0 Å². The van der Waals surface area contributed by atoms with E-state index >= 15 is 0 Å². The van der Waals surface area contributed by atoms with Gasteiger partial charge in [0.15, 0.2) is 17.3 Å². The van der Waals surface area contributed by atoms with Crippen molar-refractivity contribution in [1.29, 1.82) is 5.26 Å². The Labute approximate surface area is 161 Å². The Morgan fingerprint density at radius 1 is 1.36 bits per heavy atom. The van der Waals surface area contributed by atoms with E-state index in [0.717, 1.165) is 12.1 Å². The van der Waals surface area contributed by atoms with Gasteiger partial charge < -0.3 is 10.3 Å². The van der Waals surface area contributed by atoms with Crippen LogP contribution in [0.25, 0.3) is 10.9 Å². The van der Waals surface area contributed by atoms with Crippen LogP contribution in [-0.4, -0.2) is 20.9 Å². The van der Waals surface area contributed by atoms with E-state index in [2.05, 4.69) is 20.3 Å². The molecule has 0 saturated heterocycles. The van der Waals surface area contributed by atoms with Crippen LogP contribution < -0.4 is 10.9 Å². The topological polar surface area (TPSA) is 112 Å². The van der Waals surface area contributed by atoms with Gasteiger partial charge in [0.2, 0.25) is 5.91 Å². The lowest BCUT2D eigenvalue weighted by Crippen LogP contribution is -2.31. The van der Waals surface area contributed by atoms with Gasteiger partial charge in [-0.1, -0.05) is 0 Å². The molecule has 146 valence electrons. The second-order valence-electron chi connectivity index (χ2n) is 6.28. The molecule has 0 fully saturated rings. The molecule has 1 atom stereocenters. The Kier molecular flexibility index (Phi) is 5.13. The zero-order chi connectivity index (χ0) is 20.4. The molecule has 3 rings (SSSR count). The van der Waals surface area contributed by atoms with E-state index in [0.29, 0.717) is 11.4 Å². The fourth-order valence-electron chi connectivity index (χ4n) is 2.88. The number of pyridine rings is 1. The summed E-state index contributed by atoms with van der Waals surface area (Å²) in [5.74, 6) is -2.56. The molecule has 0 saturated carbocycles. The summed E-state index contributed by atoms with van der Waals surface area (Å²) < 4.78 is 26.7. The Balaban J connectivity index is 0.00000225. The number of H-pyrrole nitrogens is 1. The Morgan fingerprint density at radius 3 is 2.75 bits per heavy atom. The van der Waals surface area contributed by atoms with Gasteiger partial charge in [0, 0.05) is 19.9 Å². The van der Waals surface area contributed by atoms with Crippen LogP contribution in [0.15, 0.2) is 29.2 Å². The van der Waals surface area contributed by atoms with Crippen LogP contribution in [-0.2, 0) is 11.2 Å². The fraction of sp³-hybridized carbons (Fsp3) is 0.211. The SMILES string of the molecule is Cc1nc(C#N)cnc1[C@H](C)NC(=O)Cc1cc2cc(F)c(F)cc2[nH]c1=O.[HH].[HH]. The first kappa shape index (κ1) is 19.1. The number of benzene rings is 1. The molecule has 2 N–H and O–H groups in total. The van der Waals surface area contributed by atoms with Crippen molar-refractivity contribution in [2.24, 2.45) is 0 Å². The molecule has 2 heterocycles. The van der Waals surface area contributed by atoms with E-state index in [4.69, 9.17) is 5.26 Å². The molecule has 7 nitrogen and oxygen atoms in total.